The van der Waals surface area contributed by atoms with Crippen LogP contribution in [0.15, 0.2) is 0 Å². The van der Waals surface area contributed by atoms with Gasteiger partial charge in [0.25, 0.3) is 0 Å². The van der Waals surface area contributed by atoms with Crippen LogP contribution in [0.1, 0.15) is 27.7 Å². The zero-order valence-electron chi connectivity index (χ0n) is 16.9. The molecule has 0 aromatic heterocycles. The fourth-order valence-electron chi connectivity index (χ4n) is 8.28. The lowest BCUT2D eigenvalue weighted by Gasteiger charge is -2.47. The van der Waals surface area contributed by atoms with Crippen molar-refractivity contribution in [3.05, 3.63) is 0 Å². The van der Waals surface area contributed by atoms with Crippen molar-refractivity contribution >= 4 is 17.9 Å². The zero-order valence-corrected chi connectivity index (χ0v) is 16.9. The van der Waals surface area contributed by atoms with Crippen LogP contribution in [-0.2, 0) is 33.3 Å². The van der Waals surface area contributed by atoms with E-state index in [0.717, 1.165) is 0 Å². The van der Waals surface area contributed by atoms with Gasteiger partial charge in [-0.2, -0.15) is 0 Å². The maximum Gasteiger partial charge on any atom is 0.340 e. The minimum absolute atomic E-state index is 0.581. The Morgan fingerprint density at radius 1 is 0.967 bits per heavy atom. The average Bonchev–Trinajstić information content (AvgIpc) is 3.34. The number of hydrogen-bond donors (Lipinski definition) is 3. The summed E-state index contributed by atoms with van der Waals surface area (Å²) in [6.07, 6.45) is -8.29. The molecule has 0 amide bonds. The van der Waals surface area contributed by atoms with Gasteiger partial charge in [0.1, 0.15) is 18.3 Å². The number of carbonyl (C=O) groups is 3. The summed E-state index contributed by atoms with van der Waals surface area (Å²) in [5, 5.41) is 34.2. The second-order valence-corrected chi connectivity index (χ2v) is 10.6. The number of carbonyl (C=O) groups excluding carboxylic acids is 3. The maximum atomic E-state index is 13.3. The predicted octanol–water partition coefficient (Wildman–Crippen LogP) is -1.51. The third kappa shape index (κ3) is 1.40. The lowest BCUT2D eigenvalue weighted by molar-refractivity contribution is -0.208. The molecule has 0 bridgehead atoms. The van der Waals surface area contributed by atoms with E-state index in [2.05, 4.69) is 0 Å². The maximum absolute atomic E-state index is 13.3. The highest BCUT2D eigenvalue weighted by molar-refractivity contribution is 5.92. The first-order valence-corrected chi connectivity index (χ1v) is 10.2. The minimum atomic E-state index is -1.89. The van der Waals surface area contributed by atoms with Crippen molar-refractivity contribution in [1.82, 2.24) is 0 Å². The van der Waals surface area contributed by atoms with E-state index in [1.807, 2.05) is 20.8 Å². The van der Waals surface area contributed by atoms with Gasteiger partial charge in [0, 0.05) is 5.92 Å². The van der Waals surface area contributed by atoms with Gasteiger partial charge in [-0.1, -0.05) is 27.7 Å². The van der Waals surface area contributed by atoms with Gasteiger partial charge in [-0.25, -0.2) is 9.59 Å². The van der Waals surface area contributed by atoms with Crippen molar-refractivity contribution in [3.8, 4) is 0 Å². The molecule has 3 N–H and O–H groups in total. The topological polar surface area (TPSA) is 149 Å². The van der Waals surface area contributed by atoms with Gasteiger partial charge in [-0.3, -0.25) is 4.79 Å². The number of aliphatic hydroxyl groups excluding tert-OH is 3. The molecule has 0 aromatic carbocycles. The Labute approximate surface area is 171 Å². The van der Waals surface area contributed by atoms with E-state index in [-0.39, 0.29) is 0 Å². The van der Waals surface area contributed by atoms with Crippen LogP contribution in [0.2, 0.25) is 0 Å². The van der Waals surface area contributed by atoms with Crippen molar-refractivity contribution < 1.29 is 48.7 Å². The fourth-order valence-corrected chi connectivity index (χ4v) is 8.28. The second kappa shape index (κ2) is 4.85. The summed E-state index contributed by atoms with van der Waals surface area (Å²) < 4.78 is 22.7. The van der Waals surface area contributed by atoms with Crippen LogP contribution in [0.25, 0.3) is 0 Å². The number of fused-ring (bicyclic) bond motifs is 1. The van der Waals surface area contributed by atoms with Crippen LogP contribution in [0.3, 0.4) is 0 Å². The fraction of sp³-hybridized carbons (Fsp3) is 0.850. The van der Waals surface area contributed by atoms with Gasteiger partial charge in [-0.15, -0.1) is 0 Å². The summed E-state index contributed by atoms with van der Waals surface area (Å²) in [4.78, 5) is 38.2. The monoisotopic (exact) mass is 424 g/mol. The van der Waals surface area contributed by atoms with Gasteiger partial charge in [0.2, 0.25) is 6.29 Å². The van der Waals surface area contributed by atoms with Gasteiger partial charge in [0.15, 0.2) is 11.7 Å². The largest absolute Gasteiger partial charge is 0.459 e. The molecular weight excluding hydrogens is 400 g/mol. The molecule has 6 rings (SSSR count). The highest BCUT2D eigenvalue weighted by Crippen LogP contribution is 2.83. The lowest BCUT2D eigenvalue weighted by Crippen LogP contribution is -2.63. The molecule has 6 fully saturated rings. The first-order chi connectivity index (χ1) is 13.9. The molecule has 0 unspecified atom stereocenters. The summed E-state index contributed by atoms with van der Waals surface area (Å²) in [5.41, 5.74) is -5.96. The SMILES string of the molecule is C[C@@H]1C(=O)O[C@@H]2[C@H]1[C@@]13O[C@@H]4OC(=O)[C@H](O)[C@@]45[C@H](C(C)(C)C)[C@@H](O)[C@@H](OC1=O)[C@]53[C@@H]2O. The average molecular weight is 424 g/mol. The smallest absolute Gasteiger partial charge is 0.340 e. The quantitative estimate of drug-likeness (QED) is 0.309. The number of aliphatic hydroxyl groups is 3. The first-order valence-electron chi connectivity index (χ1n) is 10.2. The molecule has 4 aliphatic heterocycles. The lowest BCUT2D eigenvalue weighted by atomic mass is 9.51. The van der Waals surface area contributed by atoms with Gasteiger partial charge < -0.3 is 34.3 Å². The predicted molar refractivity (Wildman–Crippen MR) is 91.9 cm³/mol. The van der Waals surface area contributed by atoms with Crippen LogP contribution >= 0.6 is 0 Å². The molecule has 2 spiro atoms. The van der Waals surface area contributed by atoms with Crippen molar-refractivity contribution in [2.75, 3.05) is 0 Å². The van der Waals surface area contributed by atoms with E-state index in [0.29, 0.717) is 0 Å². The van der Waals surface area contributed by atoms with Crippen LogP contribution in [0, 0.1) is 34.0 Å². The molecule has 10 heteroatoms. The van der Waals surface area contributed by atoms with Gasteiger partial charge in [0.05, 0.1) is 28.8 Å². The number of ether oxygens (including phenoxy) is 4. The molecule has 2 saturated carbocycles. The molecule has 4 saturated heterocycles. The van der Waals surface area contributed by atoms with E-state index >= 15 is 0 Å². The molecule has 0 aromatic rings. The summed E-state index contributed by atoms with van der Waals surface area (Å²) in [7, 11) is 0. The zero-order chi connectivity index (χ0) is 21.8. The Balaban J connectivity index is 1.71. The molecule has 0 radical (unpaired) electrons. The first kappa shape index (κ1) is 19.0. The van der Waals surface area contributed by atoms with E-state index in [1.54, 1.807) is 6.92 Å². The van der Waals surface area contributed by atoms with Crippen molar-refractivity contribution in [2.24, 2.45) is 34.0 Å². The molecule has 164 valence electrons. The summed E-state index contributed by atoms with van der Waals surface area (Å²) >= 11 is 0. The molecule has 12 atom stereocenters. The highest BCUT2D eigenvalue weighted by Gasteiger charge is 3.01. The van der Waals surface area contributed by atoms with E-state index in [9.17, 15) is 29.7 Å². The standard InChI is InChI=1S/C20H24O10/c1-5-6-8(27-13(5)24)10(22)19-12-7(21)9(17(2,3)4)18(19)11(23)14(25)29-16(18)30-20(6,19)15(26)28-12/h5-12,16,21-23H,1-4H3/t5-,6-,7+,8+,9-,10+,11-,12+,16-,18-,19+,20+/m0/s1. The third-order valence-electron chi connectivity index (χ3n) is 8.76. The van der Waals surface area contributed by atoms with Gasteiger partial charge in [-0.05, 0) is 5.41 Å². The second-order valence-electron chi connectivity index (χ2n) is 10.6. The molecule has 6 aliphatic rings. The Morgan fingerprint density at radius 3 is 2.27 bits per heavy atom. The van der Waals surface area contributed by atoms with Crippen molar-refractivity contribution in [1.29, 1.82) is 0 Å². The molecule has 30 heavy (non-hydrogen) atoms. The highest BCUT2D eigenvalue weighted by atomic mass is 16.7. The Hall–Kier alpha value is -1.75. The van der Waals surface area contributed by atoms with E-state index < -0.39 is 94.3 Å². The number of hydrogen-bond acceptors (Lipinski definition) is 10. The molecule has 4 heterocycles. The number of rotatable bonds is 0. The Kier molecular flexibility index (Phi) is 3.06. The Morgan fingerprint density at radius 2 is 1.63 bits per heavy atom. The van der Waals surface area contributed by atoms with Crippen LogP contribution in [0.4, 0.5) is 0 Å². The summed E-state index contributed by atoms with van der Waals surface area (Å²) in [6, 6.07) is 0. The molecule has 10 nitrogen and oxygen atoms in total. The normalized spacial score (nSPS) is 60.1. The van der Waals surface area contributed by atoms with Crippen LogP contribution in [0.5, 0.6) is 0 Å². The van der Waals surface area contributed by atoms with Gasteiger partial charge >= 0.3 is 17.9 Å². The third-order valence-corrected chi connectivity index (χ3v) is 8.76. The van der Waals surface area contributed by atoms with E-state index in [1.165, 1.54) is 0 Å². The van der Waals surface area contributed by atoms with Crippen molar-refractivity contribution in [2.45, 2.75) is 70.1 Å². The summed E-state index contributed by atoms with van der Waals surface area (Å²) in [6.45, 7) is 7.05. The minimum Gasteiger partial charge on any atom is -0.459 e. The van der Waals surface area contributed by atoms with E-state index in [4.69, 9.17) is 18.9 Å². The molecular formula is C20H24O10. The Bertz CT molecular complexity index is 910. The summed E-state index contributed by atoms with van der Waals surface area (Å²) in [5.74, 6) is -4.90. The number of esters is 3. The van der Waals surface area contributed by atoms with Crippen LogP contribution < -0.4 is 0 Å². The van der Waals surface area contributed by atoms with Crippen LogP contribution in [-0.4, -0.2) is 75.6 Å². The molecule has 2 aliphatic carbocycles. The van der Waals surface area contributed by atoms with Crippen molar-refractivity contribution in [3.63, 3.8) is 0 Å².